The summed E-state index contributed by atoms with van der Waals surface area (Å²) >= 11 is 4.83. The van der Waals surface area contributed by atoms with Crippen molar-refractivity contribution in [3.8, 4) is 11.8 Å². The second kappa shape index (κ2) is 4.76. The fourth-order valence-corrected chi connectivity index (χ4v) is 1.25. The van der Waals surface area contributed by atoms with Crippen molar-refractivity contribution in [3.63, 3.8) is 0 Å². The van der Waals surface area contributed by atoms with Gasteiger partial charge in [0.2, 0.25) is 0 Å². The lowest BCUT2D eigenvalue weighted by molar-refractivity contribution is 0.241. The first-order valence-electron chi connectivity index (χ1n) is 4.55. The number of nitriles is 1. The molecule has 4 heteroatoms. The van der Waals surface area contributed by atoms with Crippen LogP contribution in [0.3, 0.4) is 0 Å². The third-order valence-corrected chi connectivity index (χ3v) is 1.98. The standard InChI is InChI=1S/C11H12N2OS/c1-7(2)14-10-4-3-8(11(13)15)5-9(10)6-12/h3-5,7H,1-2H3,(H2,13,15). The molecule has 0 aliphatic heterocycles. The molecule has 1 aromatic carbocycles. The van der Waals surface area contributed by atoms with Gasteiger partial charge in [-0.25, -0.2) is 0 Å². The van der Waals surface area contributed by atoms with Gasteiger partial charge < -0.3 is 10.5 Å². The Bertz CT molecular complexity index is 421. The molecule has 0 fully saturated rings. The van der Waals surface area contributed by atoms with Crippen LogP contribution in [0.15, 0.2) is 18.2 Å². The zero-order chi connectivity index (χ0) is 11.4. The van der Waals surface area contributed by atoms with Crippen molar-refractivity contribution in [1.29, 1.82) is 5.26 Å². The molecule has 1 rings (SSSR count). The molecule has 0 aliphatic rings. The molecule has 1 aromatic rings. The van der Waals surface area contributed by atoms with Gasteiger partial charge in [-0.1, -0.05) is 12.2 Å². The van der Waals surface area contributed by atoms with E-state index in [0.717, 1.165) is 0 Å². The molecular weight excluding hydrogens is 208 g/mol. The number of rotatable bonds is 3. The predicted molar refractivity (Wildman–Crippen MR) is 62.8 cm³/mol. The molecule has 0 atom stereocenters. The number of hydrogen-bond acceptors (Lipinski definition) is 3. The molecule has 15 heavy (non-hydrogen) atoms. The summed E-state index contributed by atoms with van der Waals surface area (Å²) in [7, 11) is 0. The summed E-state index contributed by atoms with van der Waals surface area (Å²) in [4.78, 5) is 0.280. The van der Waals surface area contributed by atoms with E-state index < -0.39 is 0 Å². The average molecular weight is 220 g/mol. The van der Waals surface area contributed by atoms with E-state index in [1.54, 1.807) is 18.2 Å². The summed E-state index contributed by atoms with van der Waals surface area (Å²) in [6.45, 7) is 3.81. The van der Waals surface area contributed by atoms with E-state index >= 15 is 0 Å². The molecule has 78 valence electrons. The van der Waals surface area contributed by atoms with Gasteiger partial charge in [-0.05, 0) is 32.0 Å². The van der Waals surface area contributed by atoms with Gasteiger partial charge in [-0.2, -0.15) is 5.26 Å². The third kappa shape index (κ3) is 2.93. The first-order chi connectivity index (χ1) is 7.04. The smallest absolute Gasteiger partial charge is 0.137 e. The molecule has 0 saturated heterocycles. The molecule has 2 N–H and O–H groups in total. The monoisotopic (exact) mass is 220 g/mol. The van der Waals surface area contributed by atoms with Crippen LogP contribution in [-0.4, -0.2) is 11.1 Å². The van der Waals surface area contributed by atoms with E-state index in [4.69, 9.17) is 28.0 Å². The fraction of sp³-hybridized carbons (Fsp3) is 0.273. The molecular formula is C11H12N2OS. The number of nitrogens with zero attached hydrogens (tertiary/aromatic N) is 1. The second-order valence-corrected chi connectivity index (χ2v) is 3.79. The van der Waals surface area contributed by atoms with Crippen LogP contribution in [0.25, 0.3) is 0 Å². The van der Waals surface area contributed by atoms with E-state index in [0.29, 0.717) is 16.9 Å². The van der Waals surface area contributed by atoms with Gasteiger partial charge in [-0.3, -0.25) is 0 Å². The van der Waals surface area contributed by atoms with Crippen LogP contribution in [-0.2, 0) is 0 Å². The number of nitrogens with two attached hydrogens (primary N) is 1. The highest BCUT2D eigenvalue weighted by Gasteiger charge is 2.07. The quantitative estimate of drug-likeness (QED) is 0.791. The van der Waals surface area contributed by atoms with Crippen molar-refractivity contribution in [2.24, 2.45) is 5.73 Å². The second-order valence-electron chi connectivity index (χ2n) is 3.35. The summed E-state index contributed by atoms with van der Waals surface area (Å²) in [5.74, 6) is 0.563. The van der Waals surface area contributed by atoms with E-state index in [1.807, 2.05) is 13.8 Å². The van der Waals surface area contributed by atoms with Gasteiger partial charge in [0.05, 0.1) is 11.7 Å². The largest absolute Gasteiger partial charge is 0.490 e. The Hall–Kier alpha value is -1.60. The van der Waals surface area contributed by atoms with Crippen molar-refractivity contribution in [1.82, 2.24) is 0 Å². The minimum absolute atomic E-state index is 0.0350. The molecule has 0 unspecified atom stereocenters. The van der Waals surface area contributed by atoms with Gasteiger partial charge in [0.1, 0.15) is 16.8 Å². The molecule has 0 amide bonds. The Morgan fingerprint density at radius 2 is 2.20 bits per heavy atom. The van der Waals surface area contributed by atoms with Gasteiger partial charge in [0.15, 0.2) is 0 Å². The summed E-state index contributed by atoms with van der Waals surface area (Å²) < 4.78 is 5.46. The van der Waals surface area contributed by atoms with Crippen molar-refractivity contribution < 1.29 is 4.74 Å². The van der Waals surface area contributed by atoms with Crippen LogP contribution in [0.2, 0.25) is 0 Å². The van der Waals surface area contributed by atoms with E-state index in [-0.39, 0.29) is 11.1 Å². The lowest BCUT2D eigenvalue weighted by Crippen LogP contribution is -2.11. The maximum atomic E-state index is 8.92. The highest BCUT2D eigenvalue weighted by molar-refractivity contribution is 7.80. The maximum absolute atomic E-state index is 8.92. The van der Waals surface area contributed by atoms with Crippen molar-refractivity contribution in [2.75, 3.05) is 0 Å². The van der Waals surface area contributed by atoms with E-state index in [9.17, 15) is 0 Å². The van der Waals surface area contributed by atoms with Gasteiger partial charge >= 0.3 is 0 Å². The van der Waals surface area contributed by atoms with Crippen LogP contribution in [0.1, 0.15) is 25.0 Å². The van der Waals surface area contributed by atoms with E-state index in [1.165, 1.54) is 0 Å². The third-order valence-electron chi connectivity index (χ3n) is 1.75. The minimum atomic E-state index is 0.0350. The maximum Gasteiger partial charge on any atom is 0.137 e. The first kappa shape index (κ1) is 11.5. The molecule has 0 radical (unpaired) electrons. The van der Waals surface area contributed by atoms with Crippen molar-refractivity contribution >= 4 is 17.2 Å². The average Bonchev–Trinajstić information content (AvgIpc) is 2.17. The van der Waals surface area contributed by atoms with Crippen LogP contribution >= 0.6 is 12.2 Å². The Morgan fingerprint density at radius 1 is 1.53 bits per heavy atom. The lowest BCUT2D eigenvalue weighted by Gasteiger charge is -2.11. The molecule has 0 heterocycles. The number of thiocarbonyl (C=S) groups is 1. The lowest BCUT2D eigenvalue weighted by atomic mass is 10.1. The highest BCUT2D eigenvalue weighted by atomic mass is 32.1. The Morgan fingerprint density at radius 3 is 2.67 bits per heavy atom. The molecule has 0 saturated carbocycles. The zero-order valence-electron chi connectivity index (χ0n) is 8.65. The number of hydrogen-bond donors (Lipinski definition) is 1. The number of benzene rings is 1. The summed E-state index contributed by atoms with van der Waals surface area (Å²) in [6.07, 6.45) is 0.0350. The Balaban J connectivity index is 3.11. The molecule has 0 bridgehead atoms. The number of ether oxygens (including phenoxy) is 1. The minimum Gasteiger partial charge on any atom is -0.490 e. The van der Waals surface area contributed by atoms with Crippen molar-refractivity contribution in [3.05, 3.63) is 29.3 Å². The normalized spacial score (nSPS) is 9.73. The topological polar surface area (TPSA) is 59.0 Å². The van der Waals surface area contributed by atoms with Crippen LogP contribution in [0.4, 0.5) is 0 Å². The van der Waals surface area contributed by atoms with Crippen LogP contribution in [0.5, 0.6) is 5.75 Å². The van der Waals surface area contributed by atoms with Gasteiger partial charge in [0.25, 0.3) is 0 Å². The Labute approximate surface area is 94.5 Å². The van der Waals surface area contributed by atoms with E-state index in [2.05, 4.69) is 6.07 Å². The molecule has 0 spiro atoms. The summed E-state index contributed by atoms with van der Waals surface area (Å²) in [5, 5.41) is 8.92. The first-order valence-corrected chi connectivity index (χ1v) is 4.96. The highest BCUT2D eigenvalue weighted by Crippen LogP contribution is 2.20. The fourth-order valence-electron chi connectivity index (χ4n) is 1.13. The zero-order valence-corrected chi connectivity index (χ0v) is 9.47. The molecule has 3 nitrogen and oxygen atoms in total. The SMILES string of the molecule is CC(C)Oc1ccc(C(N)=S)cc1C#N. The molecule has 0 aliphatic carbocycles. The predicted octanol–water partition coefficient (Wildman–Crippen LogP) is 1.98. The van der Waals surface area contributed by atoms with Gasteiger partial charge in [-0.15, -0.1) is 0 Å². The van der Waals surface area contributed by atoms with Crippen LogP contribution < -0.4 is 10.5 Å². The Kier molecular flexibility index (Phi) is 3.64. The summed E-state index contributed by atoms with van der Waals surface area (Å²) in [5.41, 5.74) is 6.60. The summed E-state index contributed by atoms with van der Waals surface area (Å²) in [6, 6.07) is 7.16. The van der Waals surface area contributed by atoms with Crippen molar-refractivity contribution in [2.45, 2.75) is 20.0 Å². The molecule has 0 aromatic heterocycles. The van der Waals surface area contributed by atoms with Gasteiger partial charge in [0, 0.05) is 5.56 Å². The van der Waals surface area contributed by atoms with Crippen LogP contribution in [0, 0.1) is 11.3 Å².